The summed E-state index contributed by atoms with van der Waals surface area (Å²) in [5.74, 6) is -1.20. The fraction of sp³-hybridized carbons (Fsp3) is 0.167. The minimum Gasteiger partial charge on any atom is -0.481 e. The first-order chi connectivity index (χ1) is 14.4. The van der Waals surface area contributed by atoms with Crippen LogP contribution in [0.4, 0.5) is 4.39 Å². The van der Waals surface area contributed by atoms with Crippen LogP contribution in [0.15, 0.2) is 78.9 Å². The Morgan fingerprint density at radius 2 is 1.57 bits per heavy atom. The van der Waals surface area contributed by atoms with Crippen LogP contribution in [0.2, 0.25) is 0 Å². The van der Waals surface area contributed by atoms with E-state index in [-0.39, 0.29) is 0 Å². The van der Waals surface area contributed by atoms with E-state index in [9.17, 15) is 14.0 Å². The molecule has 3 aromatic carbocycles. The van der Waals surface area contributed by atoms with Gasteiger partial charge in [0.1, 0.15) is 17.6 Å². The van der Waals surface area contributed by atoms with Crippen LogP contribution in [0, 0.1) is 5.82 Å². The van der Waals surface area contributed by atoms with E-state index >= 15 is 0 Å². The van der Waals surface area contributed by atoms with Crippen LogP contribution in [0.5, 0.6) is 5.75 Å². The summed E-state index contributed by atoms with van der Waals surface area (Å²) in [6.45, 7) is 1.59. The summed E-state index contributed by atoms with van der Waals surface area (Å²) in [7, 11) is 1.45. The Hall–Kier alpha value is -3.67. The minimum atomic E-state index is -1.10. The molecule has 154 valence electrons. The molecule has 0 bridgehead atoms. The molecule has 2 unspecified atom stereocenters. The SMILES string of the molecule is CC(Oc1ccc(-c2ccccc2)cc1)C(=O)N(C)C(C(N)=O)c1cccc(F)c1. The van der Waals surface area contributed by atoms with E-state index in [0.29, 0.717) is 11.3 Å². The largest absolute Gasteiger partial charge is 0.481 e. The third-order valence-corrected chi connectivity index (χ3v) is 4.79. The normalized spacial score (nSPS) is 12.6. The van der Waals surface area contributed by atoms with E-state index in [1.807, 2.05) is 42.5 Å². The van der Waals surface area contributed by atoms with Gasteiger partial charge in [0.15, 0.2) is 6.10 Å². The number of carbonyl (C=O) groups is 2. The molecule has 30 heavy (non-hydrogen) atoms. The van der Waals surface area contributed by atoms with Gasteiger partial charge in [0, 0.05) is 7.05 Å². The highest BCUT2D eigenvalue weighted by Gasteiger charge is 2.30. The zero-order valence-electron chi connectivity index (χ0n) is 16.8. The maximum absolute atomic E-state index is 13.6. The Morgan fingerprint density at radius 3 is 2.17 bits per heavy atom. The van der Waals surface area contributed by atoms with Gasteiger partial charge in [0.25, 0.3) is 5.91 Å². The van der Waals surface area contributed by atoms with Gasteiger partial charge in [0.05, 0.1) is 0 Å². The van der Waals surface area contributed by atoms with Crippen molar-refractivity contribution < 1.29 is 18.7 Å². The van der Waals surface area contributed by atoms with Gasteiger partial charge >= 0.3 is 0 Å². The molecule has 0 aromatic heterocycles. The van der Waals surface area contributed by atoms with Crippen LogP contribution >= 0.6 is 0 Å². The zero-order chi connectivity index (χ0) is 21.7. The Bertz CT molecular complexity index is 1020. The molecule has 0 heterocycles. The van der Waals surface area contributed by atoms with E-state index < -0.39 is 29.8 Å². The average molecular weight is 406 g/mol. The molecule has 2 amide bonds. The smallest absolute Gasteiger partial charge is 0.264 e. The number of nitrogens with two attached hydrogens (primary N) is 1. The number of rotatable bonds is 7. The summed E-state index contributed by atoms with van der Waals surface area (Å²) in [4.78, 5) is 26.0. The van der Waals surface area contributed by atoms with Gasteiger partial charge in [-0.1, -0.05) is 54.6 Å². The van der Waals surface area contributed by atoms with Crippen molar-refractivity contribution in [3.8, 4) is 16.9 Å². The lowest BCUT2D eigenvalue weighted by atomic mass is 10.0. The molecule has 2 N–H and O–H groups in total. The van der Waals surface area contributed by atoms with E-state index in [1.54, 1.807) is 25.1 Å². The number of benzene rings is 3. The van der Waals surface area contributed by atoms with Crippen molar-refractivity contribution in [3.63, 3.8) is 0 Å². The molecule has 0 radical (unpaired) electrons. The highest BCUT2D eigenvalue weighted by Crippen LogP contribution is 2.24. The maximum Gasteiger partial charge on any atom is 0.264 e. The lowest BCUT2D eigenvalue weighted by Crippen LogP contribution is -2.44. The summed E-state index contributed by atoms with van der Waals surface area (Å²) < 4.78 is 19.3. The lowest BCUT2D eigenvalue weighted by Gasteiger charge is -2.28. The van der Waals surface area contributed by atoms with Crippen molar-refractivity contribution >= 4 is 11.8 Å². The van der Waals surface area contributed by atoms with E-state index in [0.717, 1.165) is 11.1 Å². The molecule has 0 aliphatic rings. The van der Waals surface area contributed by atoms with Gasteiger partial charge in [0.2, 0.25) is 5.91 Å². The number of hydrogen-bond acceptors (Lipinski definition) is 3. The lowest BCUT2D eigenvalue weighted by molar-refractivity contribution is -0.143. The first-order valence-corrected chi connectivity index (χ1v) is 9.50. The van der Waals surface area contributed by atoms with E-state index in [4.69, 9.17) is 10.5 Å². The third kappa shape index (κ3) is 4.84. The molecular weight excluding hydrogens is 383 g/mol. The van der Waals surface area contributed by atoms with Gasteiger partial charge in [-0.15, -0.1) is 0 Å². The average Bonchev–Trinajstić information content (AvgIpc) is 2.74. The van der Waals surface area contributed by atoms with Crippen LogP contribution in [0.3, 0.4) is 0 Å². The Kier molecular flexibility index (Phi) is 6.47. The topological polar surface area (TPSA) is 72.6 Å². The predicted octanol–water partition coefficient (Wildman–Crippen LogP) is 3.95. The molecule has 2 atom stereocenters. The maximum atomic E-state index is 13.6. The second kappa shape index (κ2) is 9.22. The Morgan fingerprint density at radius 1 is 0.933 bits per heavy atom. The molecular formula is C24H23FN2O3. The number of halogens is 1. The second-order valence-corrected chi connectivity index (χ2v) is 6.96. The summed E-state index contributed by atoms with van der Waals surface area (Å²) in [5, 5.41) is 0. The number of nitrogens with zero attached hydrogens (tertiary/aromatic N) is 1. The van der Waals surface area contributed by atoms with Crippen LogP contribution < -0.4 is 10.5 Å². The second-order valence-electron chi connectivity index (χ2n) is 6.96. The van der Waals surface area contributed by atoms with Crippen LogP contribution in [-0.2, 0) is 9.59 Å². The third-order valence-electron chi connectivity index (χ3n) is 4.79. The zero-order valence-corrected chi connectivity index (χ0v) is 16.8. The predicted molar refractivity (Wildman–Crippen MR) is 113 cm³/mol. The van der Waals surface area contributed by atoms with Crippen LogP contribution in [-0.4, -0.2) is 29.9 Å². The molecule has 0 spiro atoms. The summed E-state index contributed by atoms with van der Waals surface area (Å²) in [5.41, 5.74) is 7.89. The van der Waals surface area contributed by atoms with Crippen molar-refractivity contribution in [3.05, 3.63) is 90.2 Å². The number of primary amides is 1. The number of amides is 2. The van der Waals surface area contributed by atoms with Crippen molar-refractivity contribution in [2.45, 2.75) is 19.1 Å². The fourth-order valence-electron chi connectivity index (χ4n) is 3.28. The van der Waals surface area contributed by atoms with Crippen molar-refractivity contribution in [1.82, 2.24) is 4.90 Å². The molecule has 3 aromatic rings. The first kappa shape index (κ1) is 21.0. The van der Waals surface area contributed by atoms with Crippen molar-refractivity contribution in [2.24, 2.45) is 5.73 Å². The quantitative estimate of drug-likeness (QED) is 0.646. The highest BCUT2D eigenvalue weighted by molar-refractivity contribution is 5.89. The van der Waals surface area contributed by atoms with Crippen LogP contribution in [0.1, 0.15) is 18.5 Å². The molecule has 0 fully saturated rings. The summed E-state index contributed by atoms with van der Waals surface area (Å²) in [6, 6.07) is 21.6. The minimum absolute atomic E-state index is 0.303. The molecule has 0 aliphatic heterocycles. The monoisotopic (exact) mass is 406 g/mol. The number of ether oxygens (including phenoxy) is 1. The van der Waals surface area contributed by atoms with Gasteiger partial charge in [-0.2, -0.15) is 0 Å². The van der Waals surface area contributed by atoms with Crippen LogP contribution in [0.25, 0.3) is 11.1 Å². The molecule has 6 heteroatoms. The summed E-state index contributed by atoms with van der Waals surface area (Å²) >= 11 is 0. The molecule has 0 aliphatic carbocycles. The summed E-state index contributed by atoms with van der Waals surface area (Å²) in [6.07, 6.45) is -0.868. The highest BCUT2D eigenvalue weighted by atomic mass is 19.1. The van der Waals surface area contributed by atoms with Gasteiger partial charge < -0.3 is 15.4 Å². The van der Waals surface area contributed by atoms with Crippen molar-refractivity contribution in [1.29, 1.82) is 0 Å². The number of carbonyl (C=O) groups excluding carboxylic acids is 2. The van der Waals surface area contributed by atoms with Gasteiger partial charge in [-0.3, -0.25) is 9.59 Å². The van der Waals surface area contributed by atoms with E-state index in [1.165, 1.54) is 30.1 Å². The number of hydrogen-bond donors (Lipinski definition) is 1. The number of likely N-dealkylation sites (N-methyl/N-ethyl adjacent to an activating group) is 1. The van der Waals surface area contributed by atoms with E-state index in [2.05, 4.69) is 0 Å². The molecule has 0 saturated carbocycles. The Balaban J connectivity index is 1.72. The molecule has 3 rings (SSSR count). The fourth-order valence-corrected chi connectivity index (χ4v) is 3.28. The Labute approximate surface area is 174 Å². The molecule has 5 nitrogen and oxygen atoms in total. The van der Waals surface area contributed by atoms with Gasteiger partial charge in [-0.25, -0.2) is 4.39 Å². The van der Waals surface area contributed by atoms with Gasteiger partial charge in [-0.05, 0) is 47.9 Å². The van der Waals surface area contributed by atoms with Crippen molar-refractivity contribution in [2.75, 3.05) is 7.05 Å². The molecule has 0 saturated heterocycles. The first-order valence-electron chi connectivity index (χ1n) is 9.50. The standard InChI is InChI=1S/C24H23FN2O3/c1-16(30-21-13-11-18(12-14-21)17-7-4-3-5-8-17)24(29)27(2)22(23(26)28)19-9-6-10-20(25)15-19/h3-16,22H,1-2H3,(H2,26,28).